The van der Waals surface area contributed by atoms with Crippen molar-refractivity contribution in [2.45, 2.75) is 39.7 Å². The number of rotatable bonds is 6. The predicted molar refractivity (Wildman–Crippen MR) is 116 cm³/mol. The van der Waals surface area contributed by atoms with E-state index >= 15 is 0 Å². The van der Waals surface area contributed by atoms with Gasteiger partial charge in [-0.25, -0.2) is 4.98 Å². The molecule has 0 atom stereocenters. The van der Waals surface area contributed by atoms with Crippen molar-refractivity contribution in [1.82, 2.24) is 14.9 Å². The summed E-state index contributed by atoms with van der Waals surface area (Å²) in [5.41, 5.74) is 5.72. The van der Waals surface area contributed by atoms with Crippen molar-refractivity contribution in [2.75, 3.05) is 5.32 Å². The predicted octanol–water partition coefficient (Wildman–Crippen LogP) is 3.52. The highest BCUT2D eigenvalue weighted by molar-refractivity contribution is 6.04. The van der Waals surface area contributed by atoms with Gasteiger partial charge in [0.25, 0.3) is 5.91 Å². The van der Waals surface area contributed by atoms with E-state index in [-0.39, 0.29) is 37.1 Å². The van der Waals surface area contributed by atoms with Crippen LogP contribution in [0.25, 0.3) is 0 Å². The molecule has 0 aliphatic carbocycles. The van der Waals surface area contributed by atoms with Crippen molar-refractivity contribution in [1.29, 1.82) is 0 Å². The van der Waals surface area contributed by atoms with Crippen LogP contribution in [0.2, 0.25) is 0 Å². The number of imidazole rings is 1. The Morgan fingerprint density at radius 2 is 1.81 bits per heavy atom. The molecule has 1 aromatic heterocycles. The van der Waals surface area contributed by atoms with Gasteiger partial charge in [-0.1, -0.05) is 30.3 Å². The number of nitrogens with one attached hydrogen (secondary N) is 2. The molecule has 0 radical (unpaired) electrons. The summed E-state index contributed by atoms with van der Waals surface area (Å²) in [7, 11) is 0. The van der Waals surface area contributed by atoms with Gasteiger partial charge in [-0.05, 0) is 48.2 Å². The van der Waals surface area contributed by atoms with E-state index in [0.29, 0.717) is 17.9 Å². The third-order valence-electron chi connectivity index (χ3n) is 5.51. The van der Waals surface area contributed by atoms with Crippen LogP contribution in [0.4, 0.5) is 5.95 Å². The fourth-order valence-electron chi connectivity index (χ4n) is 3.62. The van der Waals surface area contributed by atoms with Gasteiger partial charge in [-0.3, -0.25) is 24.6 Å². The first-order valence-electron chi connectivity index (χ1n) is 10.2. The lowest BCUT2D eigenvalue weighted by Gasteiger charge is -2.14. The summed E-state index contributed by atoms with van der Waals surface area (Å²) in [5.74, 6) is -0.286. The van der Waals surface area contributed by atoms with Crippen molar-refractivity contribution < 1.29 is 14.4 Å². The van der Waals surface area contributed by atoms with Gasteiger partial charge in [-0.15, -0.1) is 0 Å². The van der Waals surface area contributed by atoms with E-state index in [0.717, 1.165) is 11.3 Å². The topological polar surface area (TPSA) is 95.2 Å². The molecule has 0 unspecified atom stereocenters. The van der Waals surface area contributed by atoms with Crippen LogP contribution in [0.3, 0.4) is 0 Å². The number of aryl methyl sites for hydroxylation is 2. The fraction of sp³-hybridized carbons (Fsp3) is 0.250. The Kier molecular flexibility index (Phi) is 5.66. The SMILES string of the molecule is Cc1ccc(Cc2cnc(NC(=O)c3cccc(CN4C(=O)CCC4=O)c3)[nH]2)cc1C. The van der Waals surface area contributed by atoms with Gasteiger partial charge in [0.15, 0.2) is 0 Å². The first-order valence-corrected chi connectivity index (χ1v) is 10.2. The second-order valence-corrected chi connectivity index (χ2v) is 7.88. The first-order chi connectivity index (χ1) is 14.9. The van der Waals surface area contributed by atoms with Gasteiger partial charge in [-0.2, -0.15) is 0 Å². The highest BCUT2D eigenvalue weighted by Gasteiger charge is 2.28. The number of carbonyl (C=O) groups is 3. The first kappa shape index (κ1) is 20.5. The second-order valence-electron chi connectivity index (χ2n) is 7.88. The summed E-state index contributed by atoms with van der Waals surface area (Å²) < 4.78 is 0. The van der Waals surface area contributed by atoms with Gasteiger partial charge in [0, 0.05) is 30.5 Å². The van der Waals surface area contributed by atoms with Crippen LogP contribution in [0.1, 0.15) is 51.1 Å². The van der Waals surface area contributed by atoms with Crippen molar-refractivity contribution in [3.05, 3.63) is 82.2 Å². The van der Waals surface area contributed by atoms with E-state index in [1.807, 2.05) is 0 Å². The van der Waals surface area contributed by atoms with E-state index in [9.17, 15) is 14.4 Å². The average molecular weight is 416 g/mol. The molecule has 2 aromatic carbocycles. The maximum atomic E-state index is 12.7. The lowest BCUT2D eigenvalue weighted by molar-refractivity contribution is -0.139. The molecule has 1 fully saturated rings. The number of hydrogen-bond donors (Lipinski definition) is 2. The molecule has 31 heavy (non-hydrogen) atoms. The van der Waals surface area contributed by atoms with Crippen LogP contribution in [0, 0.1) is 13.8 Å². The Labute approximate surface area is 180 Å². The minimum Gasteiger partial charge on any atom is -0.328 e. The van der Waals surface area contributed by atoms with Crippen LogP contribution >= 0.6 is 0 Å². The minimum atomic E-state index is -0.312. The number of imide groups is 1. The molecule has 0 bridgehead atoms. The molecule has 1 saturated heterocycles. The van der Waals surface area contributed by atoms with Gasteiger partial charge in [0.2, 0.25) is 17.8 Å². The largest absolute Gasteiger partial charge is 0.328 e. The van der Waals surface area contributed by atoms with Crippen LogP contribution in [-0.2, 0) is 22.6 Å². The number of aromatic nitrogens is 2. The van der Waals surface area contributed by atoms with Gasteiger partial charge >= 0.3 is 0 Å². The number of anilines is 1. The van der Waals surface area contributed by atoms with E-state index in [2.05, 4.69) is 47.3 Å². The quantitative estimate of drug-likeness (QED) is 0.601. The van der Waals surface area contributed by atoms with E-state index in [4.69, 9.17) is 0 Å². The molecule has 3 aromatic rings. The number of hydrogen-bond acceptors (Lipinski definition) is 4. The molecule has 0 saturated carbocycles. The summed E-state index contributed by atoms with van der Waals surface area (Å²) in [6, 6.07) is 13.2. The number of benzene rings is 2. The normalized spacial score (nSPS) is 13.7. The molecule has 7 nitrogen and oxygen atoms in total. The Morgan fingerprint density at radius 3 is 2.55 bits per heavy atom. The van der Waals surface area contributed by atoms with Crippen LogP contribution in [0.15, 0.2) is 48.7 Å². The molecule has 158 valence electrons. The number of H-pyrrole nitrogens is 1. The van der Waals surface area contributed by atoms with Crippen molar-refractivity contribution >= 4 is 23.7 Å². The Balaban J connectivity index is 1.41. The molecule has 7 heteroatoms. The van der Waals surface area contributed by atoms with E-state index in [1.165, 1.54) is 21.6 Å². The standard InChI is InChI=1S/C24H24N4O3/c1-15-6-7-17(10-16(15)2)12-20-13-25-24(26-20)27-23(31)19-5-3-4-18(11-19)14-28-21(29)8-9-22(28)30/h3-7,10-11,13H,8-9,12,14H2,1-2H3,(H2,25,26,27,31). The lowest BCUT2D eigenvalue weighted by Crippen LogP contribution is -2.28. The number of aromatic amines is 1. The summed E-state index contributed by atoms with van der Waals surface area (Å²) in [6.07, 6.45) is 2.91. The molecule has 0 spiro atoms. The zero-order valence-corrected chi connectivity index (χ0v) is 17.6. The van der Waals surface area contributed by atoms with Crippen LogP contribution < -0.4 is 5.32 Å². The molecule has 4 rings (SSSR count). The van der Waals surface area contributed by atoms with Crippen molar-refractivity contribution in [3.8, 4) is 0 Å². The number of amides is 3. The number of nitrogens with zero attached hydrogens (tertiary/aromatic N) is 2. The molecule has 1 aliphatic rings. The van der Waals surface area contributed by atoms with Crippen LogP contribution in [0.5, 0.6) is 0 Å². The maximum absolute atomic E-state index is 12.7. The lowest BCUT2D eigenvalue weighted by atomic mass is 10.0. The van der Waals surface area contributed by atoms with Crippen molar-refractivity contribution in [2.24, 2.45) is 0 Å². The molecule has 1 aliphatic heterocycles. The third kappa shape index (κ3) is 4.71. The number of likely N-dealkylation sites (tertiary alicyclic amines) is 1. The molecular weight excluding hydrogens is 392 g/mol. The van der Waals surface area contributed by atoms with E-state index < -0.39 is 0 Å². The Bertz CT molecular complexity index is 1150. The van der Waals surface area contributed by atoms with Gasteiger partial charge in [0.05, 0.1) is 12.7 Å². The molecule has 2 heterocycles. The van der Waals surface area contributed by atoms with Gasteiger partial charge in [0.1, 0.15) is 0 Å². The smallest absolute Gasteiger partial charge is 0.257 e. The zero-order chi connectivity index (χ0) is 22.0. The Hall–Kier alpha value is -3.74. The van der Waals surface area contributed by atoms with Crippen LogP contribution in [-0.4, -0.2) is 32.6 Å². The fourth-order valence-corrected chi connectivity index (χ4v) is 3.62. The summed E-state index contributed by atoms with van der Waals surface area (Å²) >= 11 is 0. The minimum absolute atomic E-state index is 0.174. The number of carbonyl (C=O) groups excluding carboxylic acids is 3. The van der Waals surface area contributed by atoms with E-state index in [1.54, 1.807) is 30.5 Å². The Morgan fingerprint density at radius 1 is 1.03 bits per heavy atom. The maximum Gasteiger partial charge on any atom is 0.257 e. The molecular formula is C24H24N4O3. The van der Waals surface area contributed by atoms with Crippen molar-refractivity contribution in [3.63, 3.8) is 0 Å². The van der Waals surface area contributed by atoms with Gasteiger partial charge < -0.3 is 4.98 Å². The zero-order valence-electron chi connectivity index (χ0n) is 17.6. The second kappa shape index (κ2) is 8.55. The molecule has 3 amide bonds. The highest BCUT2D eigenvalue weighted by atomic mass is 16.2. The summed E-state index contributed by atoms with van der Waals surface area (Å²) in [4.78, 5) is 45.0. The third-order valence-corrected chi connectivity index (χ3v) is 5.51. The highest BCUT2D eigenvalue weighted by Crippen LogP contribution is 2.18. The average Bonchev–Trinajstić information content (AvgIpc) is 3.32. The monoisotopic (exact) mass is 416 g/mol. The summed E-state index contributed by atoms with van der Waals surface area (Å²) in [5, 5.41) is 2.77. The summed E-state index contributed by atoms with van der Waals surface area (Å²) in [6.45, 7) is 4.35. The molecule has 2 N–H and O–H groups in total.